The SMILES string of the molecule is CCC(=O)C1CC(C)C2(CCC3(C)C4=C(CCC32C)C2(C)CCC(OC3OC(COC5OCC(O)C(O)C5OC5OC(CO)C(O)C(O)C5OC5OCC(O)(CO)C5O)C(O)C(O)C3O)C(C)(CO)C2CC4)O1. The van der Waals surface area contributed by atoms with E-state index in [0.29, 0.717) is 19.3 Å². The average Bonchev–Trinajstić information content (AvgIpc) is 3.96. The van der Waals surface area contributed by atoms with Gasteiger partial charge in [0.25, 0.3) is 0 Å². The number of hydrogen-bond acceptors (Lipinski definition) is 22. The first kappa shape index (κ1) is 56.3. The van der Waals surface area contributed by atoms with Crippen molar-refractivity contribution in [1.29, 1.82) is 0 Å². The maximum atomic E-state index is 13.0. The Bertz CT molecular complexity index is 2010. The van der Waals surface area contributed by atoms with Gasteiger partial charge in [0.05, 0.1) is 51.3 Å². The summed E-state index contributed by atoms with van der Waals surface area (Å²) in [4.78, 5) is 13.0. The van der Waals surface area contributed by atoms with Crippen LogP contribution in [-0.2, 0) is 47.4 Å². The molecule has 0 bridgehead atoms. The standard InChI is InChI=1S/C51H82O22/c1-7-26(55)28-16-23(2)51(73-28)15-14-48(5)25-8-9-31-46(3,24(25)10-13-49(48,51)6)12-11-32(47(31,4)20-53)70-42-38(62)36(60)35(59)30(69-42)19-66-43-39(33(57)27(56)18-65-43)71-44-40(37(61)34(58)29(17-52)68-44)72-45-41(63)50(64,21-54)22-67-45/h23,27-45,52-54,56-64H,7-22H2,1-6H3. The van der Waals surface area contributed by atoms with Crippen LogP contribution < -0.4 is 0 Å². The van der Waals surface area contributed by atoms with Gasteiger partial charge in [0, 0.05) is 17.3 Å². The van der Waals surface area contributed by atoms with Gasteiger partial charge in [-0.1, -0.05) is 52.7 Å². The molecule has 5 heterocycles. The number of aliphatic hydroxyl groups is 12. The second kappa shape index (κ2) is 20.7. The first-order valence-corrected chi connectivity index (χ1v) is 26.5. The van der Waals surface area contributed by atoms with Crippen molar-refractivity contribution in [3.8, 4) is 0 Å². The maximum absolute atomic E-state index is 13.0. The highest BCUT2D eigenvalue weighted by Gasteiger charge is 2.72. The van der Waals surface area contributed by atoms with Crippen molar-refractivity contribution in [3.05, 3.63) is 11.1 Å². The lowest BCUT2D eigenvalue weighted by Crippen LogP contribution is -2.65. The predicted molar refractivity (Wildman–Crippen MR) is 248 cm³/mol. The summed E-state index contributed by atoms with van der Waals surface area (Å²) in [5, 5.41) is 130. The monoisotopic (exact) mass is 1050 g/mol. The smallest absolute Gasteiger partial charge is 0.187 e. The van der Waals surface area contributed by atoms with Gasteiger partial charge in [-0.2, -0.15) is 0 Å². The first-order valence-electron chi connectivity index (χ1n) is 26.5. The van der Waals surface area contributed by atoms with Gasteiger partial charge in [0.2, 0.25) is 0 Å². The Morgan fingerprint density at radius 3 is 2.05 bits per heavy atom. The Balaban J connectivity index is 0.891. The fourth-order valence-corrected chi connectivity index (χ4v) is 15.4. The summed E-state index contributed by atoms with van der Waals surface area (Å²) in [5.74, 6) is 0.377. The summed E-state index contributed by atoms with van der Waals surface area (Å²) in [5.41, 5.74) is -1.03. The number of fused-ring (bicyclic) bond motifs is 5. The van der Waals surface area contributed by atoms with E-state index < -0.39 is 149 Å². The van der Waals surface area contributed by atoms with Crippen LogP contribution in [0.4, 0.5) is 0 Å². The molecular weight excluding hydrogens is 965 g/mol. The van der Waals surface area contributed by atoms with E-state index in [-0.39, 0.29) is 52.2 Å². The Kier molecular flexibility index (Phi) is 15.9. The van der Waals surface area contributed by atoms with Crippen LogP contribution in [-0.4, -0.2) is 229 Å². The summed E-state index contributed by atoms with van der Waals surface area (Å²) in [6, 6.07) is 0. The molecule has 22 nitrogen and oxygen atoms in total. The lowest BCUT2D eigenvalue weighted by molar-refractivity contribution is -0.378. The van der Waals surface area contributed by atoms with Crippen LogP contribution in [0.5, 0.6) is 0 Å². The molecule has 26 atom stereocenters. The van der Waals surface area contributed by atoms with E-state index in [0.717, 1.165) is 44.9 Å². The zero-order valence-electron chi connectivity index (χ0n) is 42.8. The lowest BCUT2D eigenvalue weighted by Gasteiger charge is -2.63. The van der Waals surface area contributed by atoms with Crippen molar-refractivity contribution in [2.75, 3.05) is 39.6 Å². The molecule has 418 valence electrons. The minimum atomic E-state index is -2.14. The number of aliphatic hydroxyl groups excluding tert-OH is 11. The topological polar surface area (TPSA) is 343 Å². The Hall–Kier alpha value is -1.43. The average molecular weight is 1050 g/mol. The summed E-state index contributed by atoms with van der Waals surface area (Å²) in [7, 11) is 0. The van der Waals surface area contributed by atoms with Crippen LogP contribution in [0.3, 0.4) is 0 Å². The van der Waals surface area contributed by atoms with E-state index in [1.807, 2.05) is 13.8 Å². The van der Waals surface area contributed by atoms with Crippen molar-refractivity contribution < 1.29 is 109 Å². The fourth-order valence-electron chi connectivity index (χ4n) is 15.4. The molecule has 12 N–H and O–H groups in total. The second-order valence-corrected chi connectivity index (χ2v) is 23.8. The van der Waals surface area contributed by atoms with Gasteiger partial charge >= 0.3 is 0 Å². The van der Waals surface area contributed by atoms with Crippen molar-refractivity contribution in [1.82, 2.24) is 0 Å². The molecule has 22 heteroatoms. The van der Waals surface area contributed by atoms with Crippen LogP contribution in [0.15, 0.2) is 11.1 Å². The van der Waals surface area contributed by atoms with Crippen molar-refractivity contribution in [2.24, 2.45) is 33.5 Å². The zero-order chi connectivity index (χ0) is 53.0. The first-order chi connectivity index (χ1) is 34.4. The number of ether oxygens (including phenoxy) is 9. The van der Waals surface area contributed by atoms with E-state index in [2.05, 4.69) is 27.7 Å². The van der Waals surface area contributed by atoms with Crippen LogP contribution >= 0.6 is 0 Å². The summed E-state index contributed by atoms with van der Waals surface area (Å²) in [6.45, 7) is 9.67. The van der Waals surface area contributed by atoms with Crippen LogP contribution in [0.25, 0.3) is 0 Å². The van der Waals surface area contributed by atoms with E-state index in [4.69, 9.17) is 42.6 Å². The third kappa shape index (κ3) is 8.86. The number of hydrogen-bond donors (Lipinski definition) is 12. The normalized spacial score (nSPS) is 54.1. The van der Waals surface area contributed by atoms with Crippen molar-refractivity contribution in [3.63, 3.8) is 0 Å². The molecule has 0 aromatic rings. The molecule has 7 fully saturated rings. The van der Waals surface area contributed by atoms with E-state index in [1.54, 1.807) is 0 Å². The number of ketones is 1. The van der Waals surface area contributed by atoms with E-state index in [9.17, 15) is 66.1 Å². The van der Waals surface area contributed by atoms with Gasteiger partial charge in [-0.15, -0.1) is 0 Å². The fraction of sp³-hybridized carbons (Fsp3) is 0.941. The van der Waals surface area contributed by atoms with Gasteiger partial charge in [0.1, 0.15) is 85.0 Å². The third-order valence-corrected chi connectivity index (χ3v) is 20.2. The molecule has 5 aliphatic heterocycles. The minimum Gasteiger partial charge on any atom is -0.396 e. The summed E-state index contributed by atoms with van der Waals surface area (Å²) in [6.07, 6.45) is -20.4. The number of carbonyl (C=O) groups excluding carboxylic acids is 1. The van der Waals surface area contributed by atoms with Gasteiger partial charge < -0.3 is 104 Å². The largest absolute Gasteiger partial charge is 0.396 e. The molecule has 0 aromatic carbocycles. The zero-order valence-corrected chi connectivity index (χ0v) is 42.8. The number of allylic oxidation sites excluding steroid dienone is 2. The molecule has 9 aliphatic rings. The van der Waals surface area contributed by atoms with Crippen molar-refractivity contribution in [2.45, 2.75) is 228 Å². The summed E-state index contributed by atoms with van der Waals surface area (Å²) < 4.78 is 54.3. The quantitative estimate of drug-likeness (QED) is 0.0852. The van der Waals surface area contributed by atoms with Crippen LogP contribution in [0.2, 0.25) is 0 Å². The Morgan fingerprint density at radius 2 is 1.38 bits per heavy atom. The molecule has 2 saturated carbocycles. The highest BCUT2D eigenvalue weighted by Crippen LogP contribution is 2.75. The molecule has 0 aromatic heterocycles. The van der Waals surface area contributed by atoms with Gasteiger partial charge in [-0.25, -0.2) is 0 Å². The molecular formula is C51H82O22. The molecule has 5 saturated heterocycles. The minimum absolute atomic E-state index is 0.0359. The van der Waals surface area contributed by atoms with Gasteiger partial charge in [-0.05, 0) is 80.5 Å². The molecule has 73 heavy (non-hydrogen) atoms. The molecule has 1 spiro atoms. The molecule has 4 aliphatic carbocycles. The van der Waals surface area contributed by atoms with E-state index >= 15 is 0 Å². The number of rotatable bonds is 14. The predicted octanol–water partition coefficient (Wildman–Crippen LogP) is -1.83. The second-order valence-electron chi connectivity index (χ2n) is 23.8. The Morgan fingerprint density at radius 1 is 0.699 bits per heavy atom. The number of carbonyl (C=O) groups is 1. The lowest BCUT2D eigenvalue weighted by atomic mass is 9.42. The van der Waals surface area contributed by atoms with Crippen LogP contribution in [0.1, 0.15) is 106 Å². The molecule has 0 radical (unpaired) electrons. The highest BCUT2D eigenvalue weighted by molar-refractivity contribution is 5.83. The van der Waals surface area contributed by atoms with Crippen molar-refractivity contribution >= 4 is 5.78 Å². The molecule has 0 amide bonds. The van der Waals surface area contributed by atoms with E-state index in [1.165, 1.54) is 11.1 Å². The molecule has 26 unspecified atom stereocenters. The number of Topliss-reactive ketones (excluding diaryl/α,β-unsaturated/α-hetero) is 1. The maximum Gasteiger partial charge on any atom is 0.187 e. The molecule has 9 rings (SSSR count). The Labute approximate surface area is 425 Å². The van der Waals surface area contributed by atoms with Crippen LogP contribution in [0, 0.1) is 33.5 Å². The van der Waals surface area contributed by atoms with Gasteiger partial charge in [0.15, 0.2) is 30.9 Å². The highest BCUT2D eigenvalue weighted by atomic mass is 16.8. The third-order valence-electron chi connectivity index (χ3n) is 20.2. The van der Waals surface area contributed by atoms with Gasteiger partial charge in [-0.3, -0.25) is 4.79 Å². The summed E-state index contributed by atoms with van der Waals surface area (Å²) >= 11 is 0.